The van der Waals surface area contributed by atoms with E-state index >= 15 is 0 Å². The van der Waals surface area contributed by atoms with Crippen molar-refractivity contribution < 1.29 is 39.5 Å². The minimum Gasteiger partial charge on any atom is -0.221 e. The van der Waals surface area contributed by atoms with Crippen LogP contribution in [0.5, 0.6) is 0 Å². The summed E-state index contributed by atoms with van der Waals surface area (Å²) in [7, 11) is 0. The van der Waals surface area contributed by atoms with Crippen LogP contribution in [0.3, 0.4) is 0 Å². The number of benzene rings is 1. The quantitative estimate of drug-likeness (QED) is 0.197. The SMILES string of the molecule is CCc1[c]c(I)c(CC(Cl)(Cl)Cl)c(C(F)(C(F)(F)F)C(F)(F)C(F)(F)F)c1. The maximum atomic E-state index is 14.9. The largest absolute Gasteiger partial charge is 0.457 e. The number of hydrogen-bond acceptors (Lipinski definition) is 0. The predicted octanol–water partition coefficient (Wildman–Crippen LogP) is 7.49. The molecule has 0 heterocycles. The summed E-state index contributed by atoms with van der Waals surface area (Å²) >= 11 is 17.7. The van der Waals surface area contributed by atoms with Crippen molar-refractivity contribution in [2.24, 2.45) is 0 Å². The Labute approximate surface area is 176 Å². The second-order valence-corrected chi connectivity index (χ2v) is 8.97. The summed E-state index contributed by atoms with van der Waals surface area (Å²) in [6.07, 6.45) is -14.7. The Morgan fingerprint density at radius 2 is 1.41 bits per heavy atom. The molecular formula is C14H8Cl3F9I. The molecule has 1 unspecified atom stereocenters. The smallest absolute Gasteiger partial charge is 0.221 e. The molecule has 1 radical (unpaired) electrons. The molecule has 1 aromatic carbocycles. The zero-order valence-corrected chi connectivity index (χ0v) is 17.3. The van der Waals surface area contributed by atoms with E-state index in [0.29, 0.717) is 0 Å². The molecule has 0 fully saturated rings. The molecule has 0 amide bonds. The molecule has 0 bridgehead atoms. The van der Waals surface area contributed by atoms with Crippen molar-refractivity contribution in [1.82, 2.24) is 0 Å². The first-order chi connectivity index (χ1) is 11.8. The van der Waals surface area contributed by atoms with Crippen LogP contribution in [0, 0.1) is 9.64 Å². The zero-order chi connectivity index (χ0) is 21.6. The molecule has 13 heteroatoms. The fourth-order valence-corrected chi connectivity index (χ4v) is 3.43. The summed E-state index contributed by atoms with van der Waals surface area (Å²) < 4.78 is 118. The van der Waals surface area contributed by atoms with Crippen molar-refractivity contribution in [3.63, 3.8) is 0 Å². The van der Waals surface area contributed by atoms with Gasteiger partial charge in [-0.3, -0.25) is 0 Å². The Morgan fingerprint density at radius 3 is 1.74 bits per heavy atom. The Bertz CT molecular complexity index is 695. The topological polar surface area (TPSA) is 0 Å². The maximum absolute atomic E-state index is 14.9. The van der Waals surface area contributed by atoms with E-state index in [-0.39, 0.29) is 21.6 Å². The van der Waals surface area contributed by atoms with Crippen LogP contribution in [0.2, 0.25) is 0 Å². The average molecular weight is 580 g/mol. The highest BCUT2D eigenvalue weighted by atomic mass is 127. The van der Waals surface area contributed by atoms with Crippen LogP contribution in [-0.4, -0.2) is 22.1 Å². The highest BCUT2D eigenvalue weighted by molar-refractivity contribution is 14.1. The van der Waals surface area contributed by atoms with Crippen molar-refractivity contribution in [2.45, 2.75) is 47.5 Å². The summed E-state index contributed by atoms with van der Waals surface area (Å²) in [6, 6.07) is 2.69. The van der Waals surface area contributed by atoms with Gasteiger partial charge in [0.25, 0.3) is 0 Å². The normalized spacial score (nSPS) is 16.4. The Morgan fingerprint density at radius 1 is 0.926 bits per heavy atom. The van der Waals surface area contributed by atoms with Crippen molar-refractivity contribution in [2.75, 3.05) is 0 Å². The Balaban J connectivity index is 4.01. The van der Waals surface area contributed by atoms with E-state index in [1.54, 1.807) is 0 Å². The van der Waals surface area contributed by atoms with Crippen molar-refractivity contribution in [3.8, 4) is 0 Å². The molecule has 155 valence electrons. The van der Waals surface area contributed by atoms with Crippen molar-refractivity contribution in [3.05, 3.63) is 32.4 Å². The first-order valence-electron chi connectivity index (χ1n) is 6.80. The van der Waals surface area contributed by atoms with Crippen LogP contribution in [0.1, 0.15) is 23.6 Å². The third-order valence-corrected chi connectivity index (χ3v) is 4.81. The molecule has 1 aromatic rings. The van der Waals surface area contributed by atoms with E-state index in [2.05, 4.69) is 6.07 Å². The van der Waals surface area contributed by atoms with Crippen molar-refractivity contribution in [1.29, 1.82) is 0 Å². The van der Waals surface area contributed by atoms with E-state index < -0.39 is 45.3 Å². The van der Waals surface area contributed by atoms with Gasteiger partial charge in [-0.2, -0.15) is 35.1 Å². The number of aryl methyl sites for hydroxylation is 1. The molecule has 0 aromatic heterocycles. The third kappa shape index (κ3) is 4.85. The molecule has 0 saturated heterocycles. The van der Waals surface area contributed by atoms with Gasteiger partial charge in [0.2, 0.25) is 0 Å². The van der Waals surface area contributed by atoms with E-state index in [0.717, 1.165) is 0 Å². The molecule has 0 aliphatic rings. The van der Waals surface area contributed by atoms with Crippen LogP contribution in [-0.2, 0) is 18.5 Å². The molecule has 1 rings (SSSR count). The summed E-state index contributed by atoms with van der Waals surface area (Å²) in [5.74, 6) is -6.81. The lowest BCUT2D eigenvalue weighted by Gasteiger charge is -2.38. The first-order valence-corrected chi connectivity index (χ1v) is 9.01. The van der Waals surface area contributed by atoms with Gasteiger partial charge in [-0.15, -0.1) is 0 Å². The van der Waals surface area contributed by atoms with E-state index in [1.165, 1.54) is 29.5 Å². The highest BCUT2D eigenvalue weighted by Gasteiger charge is 2.82. The number of alkyl halides is 12. The van der Waals surface area contributed by atoms with Crippen LogP contribution < -0.4 is 0 Å². The van der Waals surface area contributed by atoms with Crippen LogP contribution in [0.4, 0.5) is 39.5 Å². The predicted molar refractivity (Wildman–Crippen MR) is 91.2 cm³/mol. The first kappa shape index (κ1) is 25.2. The van der Waals surface area contributed by atoms with Gasteiger partial charge in [-0.25, -0.2) is 4.39 Å². The molecule has 27 heavy (non-hydrogen) atoms. The molecule has 0 saturated carbocycles. The molecule has 0 spiro atoms. The van der Waals surface area contributed by atoms with Gasteiger partial charge >= 0.3 is 23.9 Å². The highest BCUT2D eigenvalue weighted by Crippen LogP contribution is 2.59. The van der Waals surface area contributed by atoms with Gasteiger partial charge in [0.1, 0.15) is 0 Å². The summed E-state index contributed by atoms with van der Waals surface area (Å²) in [4.78, 5) is 0. The Kier molecular flexibility index (Phi) is 7.28. The third-order valence-electron chi connectivity index (χ3n) is 3.49. The molecule has 0 N–H and O–H groups in total. The zero-order valence-electron chi connectivity index (χ0n) is 12.9. The van der Waals surface area contributed by atoms with Crippen molar-refractivity contribution >= 4 is 57.4 Å². The molecule has 0 nitrogen and oxygen atoms in total. The number of halogens is 13. The lowest BCUT2D eigenvalue weighted by molar-refractivity contribution is -0.389. The minimum absolute atomic E-state index is 0.122. The fourth-order valence-electron chi connectivity index (χ4n) is 2.20. The average Bonchev–Trinajstić information content (AvgIpc) is 2.44. The summed E-state index contributed by atoms with van der Waals surface area (Å²) in [5.41, 5.74) is -9.27. The number of rotatable bonds is 4. The summed E-state index contributed by atoms with van der Waals surface area (Å²) in [5, 5.41) is 0. The number of hydrogen-bond donors (Lipinski definition) is 0. The molecular weight excluding hydrogens is 572 g/mol. The van der Waals surface area contributed by atoms with Crippen LogP contribution >= 0.6 is 57.4 Å². The van der Waals surface area contributed by atoms with Gasteiger partial charge in [0.15, 0.2) is 3.79 Å². The van der Waals surface area contributed by atoms with Crippen LogP contribution in [0.15, 0.2) is 6.07 Å². The van der Waals surface area contributed by atoms with Gasteiger partial charge in [-0.1, -0.05) is 47.8 Å². The van der Waals surface area contributed by atoms with Gasteiger partial charge in [0.05, 0.1) is 0 Å². The lowest BCUT2D eigenvalue weighted by Crippen LogP contribution is -2.60. The fraction of sp³-hybridized carbons (Fsp3) is 0.571. The van der Waals surface area contributed by atoms with Gasteiger partial charge in [-0.05, 0) is 46.2 Å². The minimum atomic E-state index is -6.84. The second kappa shape index (κ2) is 7.79. The van der Waals surface area contributed by atoms with E-state index in [9.17, 15) is 39.5 Å². The second-order valence-electron chi connectivity index (χ2n) is 5.37. The van der Waals surface area contributed by atoms with Crippen LogP contribution in [0.25, 0.3) is 0 Å². The van der Waals surface area contributed by atoms with E-state index in [1.807, 2.05) is 0 Å². The molecule has 1 atom stereocenters. The monoisotopic (exact) mass is 579 g/mol. The Hall–Kier alpha value is 0.190. The van der Waals surface area contributed by atoms with Gasteiger partial charge < -0.3 is 0 Å². The lowest BCUT2D eigenvalue weighted by atomic mass is 9.82. The standard InChI is InChI=1S/C14H8Cl3F9I/c1-2-6-3-8(7(9(27)4-6)5-10(15,16)17)11(18,13(21,22)23)12(19,20)14(24,25)26/h3H,2,5H2,1H3. The van der Waals surface area contributed by atoms with E-state index in [4.69, 9.17) is 34.8 Å². The maximum Gasteiger partial charge on any atom is 0.457 e. The molecule has 0 aliphatic carbocycles. The molecule has 0 aliphatic heterocycles. The summed E-state index contributed by atoms with van der Waals surface area (Å²) in [6.45, 7) is 1.36. The van der Waals surface area contributed by atoms with Gasteiger partial charge in [0, 0.05) is 15.6 Å².